The Bertz CT molecular complexity index is 467. The summed E-state index contributed by atoms with van der Waals surface area (Å²) in [6, 6.07) is 0. The minimum absolute atomic E-state index is 0.752. The lowest BCUT2D eigenvalue weighted by Gasteiger charge is -2.22. The van der Waals surface area contributed by atoms with Gasteiger partial charge in [-0.1, -0.05) is 25.7 Å². The van der Waals surface area contributed by atoms with E-state index in [0.29, 0.717) is 0 Å². The Morgan fingerprint density at radius 2 is 2.33 bits per heavy atom. The van der Waals surface area contributed by atoms with Crippen LogP contribution in [-0.4, -0.2) is 23.0 Å². The van der Waals surface area contributed by atoms with Gasteiger partial charge in [0, 0.05) is 17.8 Å². The predicted octanol–water partition coefficient (Wildman–Crippen LogP) is 2.96. The summed E-state index contributed by atoms with van der Waals surface area (Å²) in [6.07, 6.45) is 11.1. The molecule has 18 heavy (non-hydrogen) atoms. The van der Waals surface area contributed by atoms with E-state index in [0.717, 1.165) is 29.8 Å². The second-order valence-electron chi connectivity index (χ2n) is 5.39. The highest BCUT2D eigenvalue weighted by molar-refractivity contribution is 7.15. The Morgan fingerprint density at radius 3 is 3.06 bits per heavy atom. The second kappa shape index (κ2) is 5.41. The van der Waals surface area contributed by atoms with Crippen LogP contribution in [0.2, 0.25) is 0 Å². The van der Waals surface area contributed by atoms with Crippen molar-refractivity contribution in [1.82, 2.24) is 14.7 Å². The zero-order valence-electron chi connectivity index (χ0n) is 10.9. The number of fused-ring (bicyclic) bond motifs is 1. The van der Waals surface area contributed by atoms with E-state index >= 15 is 0 Å². The molecular weight excluding hydrogens is 242 g/mol. The van der Waals surface area contributed by atoms with Crippen molar-refractivity contribution < 1.29 is 0 Å². The molecule has 4 heteroatoms. The summed E-state index contributed by atoms with van der Waals surface area (Å²) in [5.41, 5.74) is 1.26. The molecule has 98 valence electrons. The van der Waals surface area contributed by atoms with E-state index in [1.54, 1.807) is 11.3 Å². The SMILES string of the molecule is CNCC(Cc1cn2ccsc2n1)C1CCCC1. The van der Waals surface area contributed by atoms with E-state index < -0.39 is 0 Å². The molecule has 0 radical (unpaired) electrons. The summed E-state index contributed by atoms with van der Waals surface area (Å²) in [5, 5.41) is 5.45. The largest absolute Gasteiger partial charge is 0.319 e. The maximum absolute atomic E-state index is 4.72. The maximum atomic E-state index is 4.72. The molecule has 1 atom stereocenters. The zero-order chi connectivity index (χ0) is 12.4. The lowest BCUT2D eigenvalue weighted by molar-refractivity contribution is 0.326. The first-order chi connectivity index (χ1) is 8.86. The zero-order valence-corrected chi connectivity index (χ0v) is 11.7. The van der Waals surface area contributed by atoms with Crippen molar-refractivity contribution in [3.05, 3.63) is 23.5 Å². The Hall–Kier alpha value is -0.870. The molecular formula is C14H21N3S. The van der Waals surface area contributed by atoms with Gasteiger partial charge in [0.05, 0.1) is 5.69 Å². The summed E-state index contributed by atoms with van der Waals surface area (Å²) in [7, 11) is 2.06. The van der Waals surface area contributed by atoms with Crippen LogP contribution < -0.4 is 5.32 Å². The number of nitrogens with one attached hydrogen (secondary N) is 1. The second-order valence-corrected chi connectivity index (χ2v) is 6.26. The normalized spacial score (nSPS) is 18.7. The molecule has 2 aromatic heterocycles. The van der Waals surface area contributed by atoms with Crippen LogP contribution in [-0.2, 0) is 6.42 Å². The lowest BCUT2D eigenvalue weighted by Crippen LogP contribution is -2.26. The molecule has 1 saturated carbocycles. The molecule has 0 saturated heterocycles. The van der Waals surface area contributed by atoms with Crippen molar-refractivity contribution in [2.24, 2.45) is 11.8 Å². The topological polar surface area (TPSA) is 29.3 Å². The summed E-state index contributed by atoms with van der Waals surface area (Å²) >= 11 is 1.72. The molecule has 2 heterocycles. The average Bonchev–Trinajstić information content (AvgIpc) is 3.04. The number of hydrogen-bond acceptors (Lipinski definition) is 3. The van der Waals surface area contributed by atoms with Crippen molar-refractivity contribution in [2.45, 2.75) is 32.1 Å². The number of nitrogens with zero attached hydrogens (tertiary/aromatic N) is 2. The van der Waals surface area contributed by atoms with E-state index in [1.807, 2.05) is 0 Å². The number of rotatable bonds is 5. The van der Waals surface area contributed by atoms with Gasteiger partial charge < -0.3 is 5.32 Å². The standard InChI is InChI=1S/C14H21N3S/c1-15-9-12(11-4-2-3-5-11)8-13-10-17-6-7-18-14(17)16-13/h6-7,10-12,15H,2-5,8-9H2,1H3. The monoisotopic (exact) mass is 263 g/mol. The third-order valence-corrected chi connectivity index (χ3v) is 4.92. The highest BCUT2D eigenvalue weighted by Gasteiger charge is 2.25. The Balaban J connectivity index is 1.72. The summed E-state index contributed by atoms with van der Waals surface area (Å²) in [4.78, 5) is 5.84. The van der Waals surface area contributed by atoms with Crippen LogP contribution in [0.4, 0.5) is 0 Å². The van der Waals surface area contributed by atoms with Gasteiger partial charge in [-0.2, -0.15) is 0 Å². The predicted molar refractivity (Wildman–Crippen MR) is 76.1 cm³/mol. The van der Waals surface area contributed by atoms with E-state index in [4.69, 9.17) is 4.98 Å². The van der Waals surface area contributed by atoms with Crippen molar-refractivity contribution in [2.75, 3.05) is 13.6 Å². The maximum Gasteiger partial charge on any atom is 0.193 e. The first-order valence-electron chi connectivity index (χ1n) is 6.92. The molecule has 0 amide bonds. The Labute approximate surface area is 112 Å². The summed E-state index contributed by atoms with van der Waals surface area (Å²) in [6.45, 7) is 1.12. The van der Waals surface area contributed by atoms with Gasteiger partial charge in [0.15, 0.2) is 4.96 Å². The van der Waals surface area contributed by atoms with E-state index in [1.165, 1.54) is 31.4 Å². The molecule has 2 aromatic rings. The van der Waals surface area contributed by atoms with Gasteiger partial charge >= 0.3 is 0 Å². The minimum Gasteiger partial charge on any atom is -0.319 e. The fraction of sp³-hybridized carbons (Fsp3) is 0.643. The van der Waals surface area contributed by atoms with Crippen LogP contribution >= 0.6 is 11.3 Å². The molecule has 1 N–H and O–H groups in total. The van der Waals surface area contributed by atoms with Crippen molar-refractivity contribution in [1.29, 1.82) is 0 Å². The molecule has 0 bridgehead atoms. The van der Waals surface area contributed by atoms with Crippen molar-refractivity contribution >= 4 is 16.3 Å². The van der Waals surface area contributed by atoms with E-state index in [2.05, 4.69) is 34.5 Å². The van der Waals surface area contributed by atoms with Gasteiger partial charge in [-0.05, 0) is 31.8 Å². The van der Waals surface area contributed by atoms with Gasteiger partial charge in [-0.25, -0.2) is 4.98 Å². The highest BCUT2D eigenvalue weighted by Crippen LogP contribution is 2.33. The fourth-order valence-corrected chi connectivity index (χ4v) is 3.96. The van der Waals surface area contributed by atoms with Crippen LogP contribution in [0.25, 0.3) is 4.96 Å². The minimum atomic E-state index is 0.752. The fourth-order valence-electron chi connectivity index (χ4n) is 3.24. The van der Waals surface area contributed by atoms with Gasteiger partial charge in [0.2, 0.25) is 0 Å². The number of imidazole rings is 1. The molecule has 1 fully saturated rings. The lowest BCUT2D eigenvalue weighted by atomic mass is 9.87. The van der Waals surface area contributed by atoms with E-state index in [-0.39, 0.29) is 0 Å². The third-order valence-electron chi connectivity index (χ3n) is 4.15. The molecule has 1 aliphatic rings. The van der Waals surface area contributed by atoms with Crippen LogP contribution in [0.5, 0.6) is 0 Å². The smallest absolute Gasteiger partial charge is 0.193 e. The van der Waals surface area contributed by atoms with Crippen LogP contribution in [0.15, 0.2) is 17.8 Å². The van der Waals surface area contributed by atoms with Gasteiger partial charge in [-0.15, -0.1) is 11.3 Å². The average molecular weight is 263 g/mol. The molecule has 1 aliphatic carbocycles. The molecule has 0 spiro atoms. The third kappa shape index (κ3) is 2.45. The number of aromatic nitrogens is 2. The van der Waals surface area contributed by atoms with E-state index in [9.17, 15) is 0 Å². The van der Waals surface area contributed by atoms with Crippen LogP contribution in [0.3, 0.4) is 0 Å². The first kappa shape index (κ1) is 12.2. The summed E-state index contributed by atoms with van der Waals surface area (Å²) in [5.74, 6) is 1.65. The molecule has 0 aliphatic heterocycles. The van der Waals surface area contributed by atoms with Crippen LogP contribution in [0, 0.1) is 11.8 Å². The first-order valence-corrected chi connectivity index (χ1v) is 7.80. The molecule has 0 aromatic carbocycles. The molecule has 3 rings (SSSR count). The summed E-state index contributed by atoms with van der Waals surface area (Å²) < 4.78 is 2.14. The number of thiazole rings is 1. The van der Waals surface area contributed by atoms with Gasteiger partial charge in [-0.3, -0.25) is 4.40 Å². The van der Waals surface area contributed by atoms with Crippen molar-refractivity contribution in [3.63, 3.8) is 0 Å². The molecule has 1 unspecified atom stereocenters. The number of hydrogen-bond donors (Lipinski definition) is 1. The van der Waals surface area contributed by atoms with Gasteiger partial charge in [0.25, 0.3) is 0 Å². The Morgan fingerprint density at radius 1 is 1.50 bits per heavy atom. The van der Waals surface area contributed by atoms with Crippen LogP contribution in [0.1, 0.15) is 31.4 Å². The van der Waals surface area contributed by atoms with Crippen molar-refractivity contribution in [3.8, 4) is 0 Å². The van der Waals surface area contributed by atoms with Gasteiger partial charge in [0.1, 0.15) is 0 Å². The quantitative estimate of drug-likeness (QED) is 0.898. The molecule has 3 nitrogen and oxygen atoms in total. The Kier molecular flexibility index (Phi) is 3.66. The highest BCUT2D eigenvalue weighted by atomic mass is 32.1.